The van der Waals surface area contributed by atoms with Gasteiger partial charge in [0.25, 0.3) is 0 Å². The molecular weight excluding hydrogens is 374 g/mol. The summed E-state index contributed by atoms with van der Waals surface area (Å²) >= 11 is 0. The first kappa shape index (κ1) is 25.2. The zero-order valence-electron chi connectivity index (χ0n) is 20.6. The van der Waals surface area contributed by atoms with E-state index in [9.17, 15) is 5.11 Å². The Balaban J connectivity index is 1.80. The molecule has 0 saturated carbocycles. The highest BCUT2D eigenvalue weighted by atomic mass is 16.5. The Morgan fingerprint density at radius 1 is 1.00 bits per heavy atom. The van der Waals surface area contributed by atoms with Gasteiger partial charge < -0.3 is 19.5 Å². The van der Waals surface area contributed by atoms with Crippen LogP contribution in [-0.2, 0) is 15.6 Å². The number of hydrogen-bond acceptors (Lipinski definition) is 4. The molecule has 0 unspecified atom stereocenters. The normalized spacial score (nSPS) is 22.2. The van der Waals surface area contributed by atoms with E-state index in [1.807, 2.05) is 0 Å². The second-order valence-corrected chi connectivity index (χ2v) is 11.5. The van der Waals surface area contributed by atoms with Crippen LogP contribution in [0.25, 0.3) is 0 Å². The standard InChI is InChI=1S/C26H45NO3/c1-19-13-20(2)16-27(15-19)17-22(28)18-29-11-12-30-24-10-9-21(25(3,4)5)14-23(24)26(6,7)8/h9-10,14,19-20,22,28H,11-13,15-18H2,1-8H3/t19-,20-,22-/m1/s1. The smallest absolute Gasteiger partial charge is 0.123 e. The molecule has 1 aromatic rings. The molecule has 1 N–H and O–H groups in total. The van der Waals surface area contributed by atoms with Crippen LogP contribution in [0.4, 0.5) is 0 Å². The summed E-state index contributed by atoms with van der Waals surface area (Å²) in [5, 5.41) is 10.3. The van der Waals surface area contributed by atoms with Crippen LogP contribution in [0, 0.1) is 11.8 Å². The summed E-state index contributed by atoms with van der Waals surface area (Å²) in [4.78, 5) is 2.37. The van der Waals surface area contributed by atoms with Gasteiger partial charge in [0, 0.05) is 19.6 Å². The average molecular weight is 420 g/mol. The minimum absolute atomic E-state index is 0.0103. The topological polar surface area (TPSA) is 41.9 Å². The number of β-amino-alcohol motifs (C(OH)–C–C–N with tert-alkyl or cyclic N) is 1. The quantitative estimate of drug-likeness (QED) is 0.601. The van der Waals surface area contributed by atoms with E-state index in [2.05, 4.69) is 78.5 Å². The lowest BCUT2D eigenvalue weighted by Gasteiger charge is -2.35. The molecule has 1 fully saturated rings. The van der Waals surface area contributed by atoms with E-state index in [1.54, 1.807) is 0 Å². The van der Waals surface area contributed by atoms with Gasteiger partial charge in [-0.1, -0.05) is 67.5 Å². The Morgan fingerprint density at radius 3 is 2.20 bits per heavy atom. The molecule has 1 aliphatic rings. The Bertz CT molecular complexity index is 649. The molecule has 0 spiro atoms. The molecule has 0 aromatic heterocycles. The maximum Gasteiger partial charge on any atom is 0.123 e. The highest BCUT2D eigenvalue weighted by molar-refractivity contribution is 5.43. The van der Waals surface area contributed by atoms with Gasteiger partial charge in [-0.25, -0.2) is 0 Å². The van der Waals surface area contributed by atoms with E-state index in [0.717, 1.165) is 18.8 Å². The second-order valence-electron chi connectivity index (χ2n) is 11.5. The van der Waals surface area contributed by atoms with Gasteiger partial charge in [-0.05, 0) is 46.3 Å². The summed E-state index contributed by atoms with van der Waals surface area (Å²) in [6.07, 6.45) is 0.840. The number of rotatable bonds is 8. The van der Waals surface area contributed by atoms with Gasteiger partial charge in [0.2, 0.25) is 0 Å². The Morgan fingerprint density at radius 2 is 1.63 bits per heavy atom. The molecule has 3 atom stereocenters. The van der Waals surface area contributed by atoms with Gasteiger partial charge in [0.05, 0.1) is 19.3 Å². The maximum atomic E-state index is 10.3. The fourth-order valence-corrected chi connectivity index (χ4v) is 4.43. The van der Waals surface area contributed by atoms with Crippen molar-refractivity contribution in [3.8, 4) is 5.75 Å². The van der Waals surface area contributed by atoms with E-state index in [1.165, 1.54) is 17.5 Å². The van der Waals surface area contributed by atoms with Gasteiger partial charge in [-0.3, -0.25) is 0 Å². The van der Waals surface area contributed by atoms with Crippen molar-refractivity contribution in [2.24, 2.45) is 11.8 Å². The number of nitrogens with zero attached hydrogens (tertiary/aromatic N) is 1. The zero-order valence-corrected chi connectivity index (χ0v) is 20.6. The zero-order chi connectivity index (χ0) is 22.5. The Labute approximate surface area is 185 Å². The summed E-state index contributed by atoms with van der Waals surface area (Å²) in [7, 11) is 0. The lowest BCUT2D eigenvalue weighted by molar-refractivity contribution is -0.00221. The number of piperidine rings is 1. The summed E-state index contributed by atoms with van der Waals surface area (Å²) in [5.74, 6) is 2.34. The first-order chi connectivity index (χ1) is 13.9. The number of aliphatic hydroxyl groups is 1. The third-order valence-electron chi connectivity index (χ3n) is 5.86. The number of benzene rings is 1. The lowest BCUT2D eigenvalue weighted by atomic mass is 9.80. The van der Waals surface area contributed by atoms with Crippen LogP contribution in [0.5, 0.6) is 5.75 Å². The van der Waals surface area contributed by atoms with Crippen molar-refractivity contribution in [1.82, 2.24) is 4.90 Å². The molecule has 0 bridgehead atoms. The van der Waals surface area contributed by atoms with Gasteiger partial charge in [-0.15, -0.1) is 0 Å². The minimum Gasteiger partial charge on any atom is -0.491 e. The summed E-state index contributed by atoms with van der Waals surface area (Å²) in [6, 6.07) is 6.53. The van der Waals surface area contributed by atoms with Gasteiger partial charge in [-0.2, -0.15) is 0 Å². The number of aliphatic hydroxyl groups excluding tert-OH is 1. The summed E-state index contributed by atoms with van der Waals surface area (Å²) in [5.41, 5.74) is 2.67. The molecule has 1 aliphatic heterocycles. The average Bonchev–Trinajstić information content (AvgIpc) is 2.58. The molecule has 0 radical (unpaired) electrons. The third kappa shape index (κ3) is 7.86. The molecule has 4 nitrogen and oxygen atoms in total. The molecule has 30 heavy (non-hydrogen) atoms. The monoisotopic (exact) mass is 419 g/mol. The molecule has 1 saturated heterocycles. The fraction of sp³-hybridized carbons (Fsp3) is 0.769. The van der Waals surface area contributed by atoms with Crippen LogP contribution in [0.2, 0.25) is 0 Å². The van der Waals surface area contributed by atoms with Gasteiger partial charge in [0.15, 0.2) is 0 Å². The molecule has 0 amide bonds. The first-order valence-electron chi connectivity index (χ1n) is 11.6. The van der Waals surface area contributed by atoms with E-state index in [4.69, 9.17) is 9.47 Å². The van der Waals surface area contributed by atoms with Crippen molar-refractivity contribution in [1.29, 1.82) is 0 Å². The molecule has 0 aliphatic carbocycles. The highest BCUT2D eigenvalue weighted by Crippen LogP contribution is 2.35. The van der Waals surface area contributed by atoms with Crippen molar-refractivity contribution < 1.29 is 14.6 Å². The van der Waals surface area contributed by atoms with Crippen LogP contribution in [-0.4, -0.2) is 55.6 Å². The van der Waals surface area contributed by atoms with Crippen LogP contribution < -0.4 is 4.74 Å². The Hall–Kier alpha value is -1.10. The third-order valence-corrected chi connectivity index (χ3v) is 5.86. The Kier molecular flexibility index (Phi) is 8.79. The van der Waals surface area contributed by atoms with E-state index < -0.39 is 6.10 Å². The molecule has 172 valence electrons. The molecule has 2 rings (SSSR count). The molecule has 4 heteroatoms. The SMILES string of the molecule is C[C@@H]1C[C@@H](C)CN(C[C@@H](O)COCCOc2ccc(C(C)(C)C)cc2C(C)(C)C)C1. The van der Waals surface area contributed by atoms with Crippen molar-refractivity contribution in [3.63, 3.8) is 0 Å². The largest absolute Gasteiger partial charge is 0.491 e. The van der Waals surface area contributed by atoms with Crippen molar-refractivity contribution in [2.75, 3.05) is 39.5 Å². The van der Waals surface area contributed by atoms with E-state index >= 15 is 0 Å². The van der Waals surface area contributed by atoms with Crippen LogP contribution >= 0.6 is 0 Å². The lowest BCUT2D eigenvalue weighted by Crippen LogP contribution is -2.43. The first-order valence-corrected chi connectivity index (χ1v) is 11.6. The van der Waals surface area contributed by atoms with E-state index in [-0.39, 0.29) is 10.8 Å². The fourth-order valence-electron chi connectivity index (χ4n) is 4.43. The van der Waals surface area contributed by atoms with Gasteiger partial charge in [0.1, 0.15) is 12.4 Å². The number of likely N-dealkylation sites (tertiary alicyclic amines) is 1. The van der Waals surface area contributed by atoms with Crippen LogP contribution in [0.1, 0.15) is 72.9 Å². The molecular formula is C26H45NO3. The van der Waals surface area contributed by atoms with Crippen molar-refractivity contribution in [3.05, 3.63) is 29.3 Å². The number of ether oxygens (including phenoxy) is 2. The number of hydrogen-bond donors (Lipinski definition) is 1. The predicted octanol–water partition coefficient (Wildman–Crippen LogP) is 5.02. The van der Waals surface area contributed by atoms with Crippen molar-refractivity contribution >= 4 is 0 Å². The predicted molar refractivity (Wildman–Crippen MR) is 126 cm³/mol. The van der Waals surface area contributed by atoms with E-state index in [0.29, 0.717) is 38.2 Å². The van der Waals surface area contributed by atoms with Crippen LogP contribution in [0.3, 0.4) is 0 Å². The summed E-state index contributed by atoms with van der Waals surface area (Å²) < 4.78 is 11.8. The van der Waals surface area contributed by atoms with Crippen molar-refractivity contribution in [2.45, 2.75) is 78.7 Å². The second kappa shape index (κ2) is 10.5. The van der Waals surface area contributed by atoms with Gasteiger partial charge >= 0.3 is 0 Å². The summed E-state index contributed by atoms with van der Waals surface area (Å²) in [6.45, 7) is 22.1. The molecule has 1 heterocycles. The molecule has 1 aromatic carbocycles. The minimum atomic E-state index is -0.446. The van der Waals surface area contributed by atoms with Crippen LogP contribution in [0.15, 0.2) is 18.2 Å². The highest BCUT2D eigenvalue weighted by Gasteiger charge is 2.24. The maximum absolute atomic E-state index is 10.3.